The minimum atomic E-state index is -1.07. The molecule has 4 N–H and O–H groups in total. The summed E-state index contributed by atoms with van der Waals surface area (Å²) in [5, 5.41) is 38.2. The van der Waals surface area contributed by atoms with Crippen molar-refractivity contribution in [1.29, 1.82) is 0 Å². The number of rotatable bonds is 8. The molecule has 1 aromatic carbocycles. The number of aliphatic carboxylic acids is 1. The number of carbonyl (C=O) groups is 3. The molecule has 0 aromatic heterocycles. The van der Waals surface area contributed by atoms with Gasteiger partial charge in [-0.3, -0.25) is 14.4 Å². The Kier molecular flexibility index (Phi) is 6.12. The molecule has 7 nitrogen and oxygen atoms in total. The standard InChI is InChI=1S/C16H20O7/c1-8(2)6-10(18)15-12(20)7-11(19)14(16(15)23)9(17)4-3-5-13(21)22/h7-8,19-20,23H,3-6H2,1-2H3,(H,21,22). The molecule has 0 saturated heterocycles. The van der Waals surface area contributed by atoms with Crippen LogP contribution in [0.3, 0.4) is 0 Å². The van der Waals surface area contributed by atoms with E-state index in [0.717, 1.165) is 6.07 Å². The molecule has 0 aliphatic heterocycles. The maximum absolute atomic E-state index is 12.1. The maximum Gasteiger partial charge on any atom is 0.303 e. The summed E-state index contributed by atoms with van der Waals surface area (Å²) in [7, 11) is 0. The summed E-state index contributed by atoms with van der Waals surface area (Å²) in [6.07, 6.45) is -0.359. The molecule has 0 aliphatic rings. The number of phenols is 3. The van der Waals surface area contributed by atoms with Crippen LogP contribution < -0.4 is 0 Å². The smallest absolute Gasteiger partial charge is 0.303 e. The second kappa shape index (κ2) is 7.62. The molecular weight excluding hydrogens is 304 g/mol. The van der Waals surface area contributed by atoms with Crippen molar-refractivity contribution in [1.82, 2.24) is 0 Å². The SMILES string of the molecule is CC(C)CC(=O)c1c(O)cc(O)c(C(=O)CCCC(=O)O)c1O. The van der Waals surface area contributed by atoms with E-state index in [0.29, 0.717) is 0 Å². The van der Waals surface area contributed by atoms with Gasteiger partial charge in [-0.1, -0.05) is 13.8 Å². The zero-order valence-corrected chi connectivity index (χ0v) is 13.0. The summed E-state index contributed by atoms with van der Waals surface area (Å²) in [6.45, 7) is 3.56. The minimum absolute atomic E-state index is 0.0233. The number of carbonyl (C=O) groups excluding carboxylic acids is 2. The van der Waals surface area contributed by atoms with E-state index in [2.05, 4.69) is 0 Å². The molecule has 0 unspecified atom stereocenters. The summed E-state index contributed by atoms with van der Waals surface area (Å²) in [6, 6.07) is 0.831. The summed E-state index contributed by atoms with van der Waals surface area (Å²) >= 11 is 0. The highest BCUT2D eigenvalue weighted by Crippen LogP contribution is 2.39. The van der Waals surface area contributed by atoms with Gasteiger partial charge in [0, 0.05) is 25.3 Å². The average molecular weight is 324 g/mol. The van der Waals surface area contributed by atoms with Gasteiger partial charge >= 0.3 is 5.97 Å². The molecule has 0 spiro atoms. The highest BCUT2D eigenvalue weighted by atomic mass is 16.4. The molecule has 126 valence electrons. The predicted molar refractivity (Wildman–Crippen MR) is 81.0 cm³/mol. The van der Waals surface area contributed by atoms with Crippen molar-refractivity contribution in [3.63, 3.8) is 0 Å². The highest BCUT2D eigenvalue weighted by molar-refractivity contribution is 6.08. The van der Waals surface area contributed by atoms with Crippen LogP contribution in [-0.4, -0.2) is 38.0 Å². The second-order valence-electron chi connectivity index (χ2n) is 5.71. The lowest BCUT2D eigenvalue weighted by Gasteiger charge is -2.13. The molecule has 1 aromatic rings. The van der Waals surface area contributed by atoms with Crippen LogP contribution in [-0.2, 0) is 4.79 Å². The van der Waals surface area contributed by atoms with Gasteiger partial charge in [-0.15, -0.1) is 0 Å². The number of Topliss-reactive ketones (excluding diaryl/α,β-unsaturated/α-hetero) is 2. The first kappa shape index (κ1) is 18.5. The Balaban J connectivity index is 3.15. The number of carboxylic acid groups (broad SMARTS) is 1. The van der Waals surface area contributed by atoms with Gasteiger partial charge in [0.25, 0.3) is 0 Å². The summed E-state index contributed by atoms with van der Waals surface area (Å²) in [4.78, 5) is 34.6. The molecule has 0 amide bonds. The van der Waals surface area contributed by atoms with E-state index in [1.54, 1.807) is 13.8 Å². The number of phenolic OH excluding ortho intramolecular Hbond substituents is 3. The van der Waals surface area contributed by atoms with Gasteiger partial charge in [0.2, 0.25) is 0 Å². The summed E-state index contributed by atoms with van der Waals surface area (Å²) in [5.41, 5.74) is -0.877. The van der Waals surface area contributed by atoms with Crippen molar-refractivity contribution in [2.75, 3.05) is 0 Å². The zero-order chi connectivity index (χ0) is 17.7. The van der Waals surface area contributed by atoms with Crippen LogP contribution >= 0.6 is 0 Å². The van der Waals surface area contributed by atoms with Crippen molar-refractivity contribution < 1.29 is 34.8 Å². The van der Waals surface area contributed by atoms with E-state index in [9.17, 15) is 29.7 Å². The fourth-order valence-corrected chi connectivity index (χ4v) is 2.19. The molecular formula is C16H20O7. The summed E-state index contributed by atoms with van der Waals surface area (Å²) in [5.74, 6) is -4.35. The highest BCUT2D eigenvalue weighted by Gasteiger charge is 2.26. The van der Waals surface area contributed by atoms with E-state index < -0.39 is 45.9 Å². The Morgan fingerprint density at radius 2 is 1.48 bits per heavy atom. The first-order chi connectivity index (χ1) is 10.6. The Morgan fingerprint density at radius 3 is 1.96 bits per heavy atom. The summed E-state index contributed by atoms with van der Waals surface area (Å²) < 4.78 is 0. The van der Waals surface area contributed by atoms with Crippen molar-refractivity contribution in [2.45, 2.75) is 39.5 Å². The van der Waals surface area contributed by atoms with Gasteiger partial charge in [0.1, 0.15) is 28.4 Å². The molecule has 0 heterocycles. The lowest BCUT2D eigenvalue weighted by atomic mass is 9.94. The number of ketones is 2. The van der Waals surface area contributed by atoms with Gasteiger partial charge < -0.3 is 20.4 Å². The number of carboxylic acids is 1. The second-order valence-corrected chi connectivity index (χ2v) is 5.71. The molecule has 0 bridgehead atoms. The molecule has 7 heteroatoms. The van der Waals surface area contributed by atoms with E-state index in [1.807, 2.05) is 0 Å². The topological polar surface area (TPSA) is 132 Å². The third kappa shape index (κ3) is 4.70. The molecule has 0 saturated carbocycles. The van der Waals surface area contributed by atoms with E-state index in [-0.39, 0.29) is 31.6 Å². The fourth-order valence-electron chi connectivity index (χ4n) is 2.19. The normalized spacial score (nSPS) is 10.7. The molecule has 23 heavy (non-hydrogen) atoms. The van der Waals surface area contributed by atoms with Gasteiger partial charge in [0.05, 0.1) is 0 Å². The maximum atomic E-state index is 12.1. The fraction of sp³-hybridized carbons (Fsp3) is 0.438. The first-order valence-electron chi connectivity index (χ1n) is 7.21. The van der Waals surface area contributed by atoms with Crippen LogP contribution in [0.2, 0.25) is 0 Å². The van der Waals surface area contributed by atoms with Gasteiger partial charge in [-0.2, -0.15) is 0 Å². The van der Waals surface area contributed by atoms with Crippen LogP contribution in [0, 0.1) is 5.92 Å². The van der Waals surface area contributed by atoms with Gasteiger partial charge in [-0.25, -0.2) is 0 Å². The van der Waals surface area contributed by atoms with Crippen LogP contribution in [0.15, 0.2) is 6.07 Å². The number of aromatic hydroxyl groups is 3. The number of benzene rings is 1. The number of hydrogen-bond acceptors (Lipinski definition) is 6. The average Bonchev–Trinajstić information content (AvgIpc) is 2.36. The molecule has 0 aliphatic carbocycles. The van der Waals surface area contributed by atoms with E-state index in [4.69, 9.17) is 5.11 Å². The van der Waals surface area contributed by atoms with Crippen LogP contribution in [0.25, 0.3) is 0 Å². The Hall–Kier alpha value is -2.57. The lowest BCUT2D eigenvalue weighted by molar-refractivity contribution is -0.137. The van der Waals surface area contributed by atoms with E-state index in [1.165, 1.54) is 0 Å². The van der Waals surface area contributed by atoms with Crippen molar-refractivity contribution >= 4 is 17.5 Å². The zero-order valence-electron chi connectivity index (χ0n) is 13.0. The minimum Gasteiger partial charge on any atom is -0.507 e. The molecule has 1 rings (SSSR count). The Bertz CT molecular complexity index is 632. The predicted octanol–water partition coefficient (Wildman–Crippen LogP) is 2.47. The first-order valence-corrected chi connectivity index (χ1v) is 7.21. The number of hydrogen-bond donors (Lipinski definition) is 4. The van der Waals surface area contributed by atoms with Crippen molar-refractivity contribution in [3.8, 4) is 17.2 Å². The van der Waals surface area contributed by atoms with Crippen LogP contribution in [0.1, 0.15) is 60.2 Å². The van der Waals surface area contributed by atoms with E-state index >= 15 is 0 Å². The Labute approximate surface area is 133 Å². The van der Waals surface area contributed by atoms with Gasteiger partial charge in [-0.05, 0) is 12.3 Å². The molecule has 0 atom stereocenters. The molecule has 0 fully saturated rings. The quantitative estimate of drug-likeness (QED) is 0.540. The molecule has 0 radical (unpaired) electrons. The third-order valence-electron chi connectivity index (χ3n) is 3.21. The van der Waals surface area contributed by atoms with Crippen molar-refractivity contribution in [3.05, 3.63) is 17.2 Å². The lowest BCUT2D eigenvalue weighted by Crippen LogP contribution is -2.08. The largest absolute Gasteiger partial charge is 0.507 e. The van der Waals surface area contributed by atoms with Crippen LogP contribution in [0.5, 0.6) is 17.2 Å². The third-order valence-corrected chi connectivity index (χ3v) is 3.21. The monoisotopic (exact) mass is 324 g/mol. The van der Waals surface area contributed by atoms with Crippen LogP contribution in [0.4, 0.5) is 0 Å². The van der Waals surface area contributed by atoms with Crippen molar-refractivity contribution in [2.24, 2.45) is 5.92 Å². The Morgan fingerprint density at radius 1 is 0.957 bits per heavy atom. The van der Waals surface area contributed by atoms with Gasteiger partial charge in [0.15, 0.2) is 11.6 Å².